The number of hydrogen-bond donors (Lipinski definition) is 2. The van der Waals surface area contributed by atoms with Crippen LogP contribution < -0.4 is 0 Å². The fourth-order valence-electron chi connectivity index (χ4n) is 5.70. The number of carbonyl (C=O) groups is 2. The van der Waals surface area contributed by atoms with Gasteiger partial charge in [-0.2, -0.15) is 17.0 Å². The smallest absolute Gasteiger partial charge is 0.353 e. The van der Waals surface area contributed by atoms with Gasteiger partial charge in [-0.3, -0.25) is 14.9 Å². The van der Waals surface area contributed by atoms with Crippen molar-refractivity contribution in [2.45, 2.75) is 51.5 Å². The van der Waals surface area contributed by atoms with Crippen molar-refractivity contribution >= 4 is 39.5 Å². The van der Waals surface area contributed by atoms with Crippen LogP contribution in [-0.4, -0.2) is 92.5 Å². The monoisotopic (exact) mass is 568 g/mol. The molecular formula is C24H32N4O8S2. The largest absolute Gasteiger partial charge is 0.477 e. The van der Waals surface area contributed by atoms with Gasteiger partial charge in [0.2, 0.25) is 5.91 Å². The molecule has 3 heterocycles. The zero-order valence-electron chi connectivity index (χ0n) is 21.6. The number of carbonyl (C=O) groups excluding carboxylic acids is 1. The molecule has 2 saturated heterocycles. The van der Waals surface area contributed by atoms with Gasteiger partial charge < -0.3 is 15.1 Å². The predicted molar refractivity (Wildman–Crippen MR) is 140 cm³/mol. The first-order valence-corrected chi connectivity index (χ1v) is 14.7. The highest BCUT2D eigenvalue weighted by Crippen LogP contribution is 2.60. The summed E-state index contributed by atoms with van der Waals surface area (Å²) in [6, 6.07) is 5.34. The molecule has 4 rings (SSSR count). The molecule has 0 aromatic heterocycles. The Labute approximate surface area is 225 Å². The molecule has 1 aromatic carbocycles. The molecule has 1 amide bonds. The molecule has 38 heavy (non-hydrogen) atoms. The Hall–Kier alpha value is -2.52. The van der Waals surface area contributed by atoms with Crippen molar-refractivity contribution < 1.29 is 33.1 Å². The lowest BCUT2D eigenvalue weighted by Gasteiger charge is -2.51. The summed E-state index contributed by atoms with van der Waals surface area (Å²) in [6.07, 6.45) is -0.728. The Bertz CT molecular complexity index is 1270. The fraction of sp³-hybridized carbons (Fsp3) is 0.583. The maximum atomic E-state index is 13.0. The SMILES string of the molecule is CCN(CC)S(=O)(=O)N1CC(SC2=C(C(=O)O)N3C(=O)[C@H]([C@@H](C)O)[C@H]3[C@@]2(C)Cc2ccc([N+](=O)[O-])cc2)C1. The van der Waals surface area contributed by atoms with Crippen LogP contribution in [-0.2, 0) is 26.2 Å². The number of aliphatic carboxylic acids is 1. The van der Waals surface area contributed by atoms with E-state index in [0.29, 0.717) is 23.6 Å². The van der Waals surface area contributed by atoms with E-state index in [1.54, 1.807) is 26.0 Å². The highest BCUT2D eigenvalue weighted by molar-refractivity contribution is 8.04. The Morgan fingerprint density at radius 1 is 1.26 bits per heavy atom. The number of amides is 1. The number of nitrogens with zero attached hydrogens (tertiary/aromatic N) is 4. The molecule has 0 unspecified atom stereocenters. The van der Waals surface area contributed by atoms with Gasteiger partial charge >= 0.3 is 5.97 Å². The average molecular weight is 569 g/mol. The second-order valence-corrected chi connectivity index (χ2v) is 13.3. The molecule has 208 valence electrons. The van der Waals surface area contributed by atoms with Gasteiger partial charge in [-0.15, -0.1) is 11.8 Å². The number of carboxylic acid groups (broad SMARTS) is 1. The van der Waals surface area contributed by atoms with Crippen LogP contribution in [0, 0.1) is 21.4 Å². The highest BCUT2D eigenvalue weighted by Gasteiger charge is 2.66. The van der Waals surface area contributed by atoms with E-state index in [1.165, 1.54) is 44.3 Å². The third kappa shape index (κ3) is 4.51. The Balaban J connectivity index is 1.67. The highest BCUT2D eigenvalue weighted by atomic mass is 32.2. The molecule has 14 heteroatoms. The van der Waals surface area contributed by atoms with E-state index in [9.17, 15) is 38.3 Å². The molecule has 3 aliphatic heterocycles. The number of aliphatic hydroxyl groups is 1. The van der Waals surface area contributed by atoms with Crippen molar-refractivity contribution in [3.05, 3.63) is 50.5 Å². The molecule has 12 nitrogen and oxygen atoms in total. The number of benzene rings is 1. The van der Waals surface area contributed by atoms with Gasteiger partial charge in [0.05, 0.1) is 23.0 Å². The van der Waals surface area contributed by atoms with Crippen LogP contribution in [0.3, 0.4) is 0 Å². The number of aliphatic hydroxyl groups excluding tert-OH is 1. The first kappa shape index (κ1) is 28.5. The third-order valence-electron chi connectivity index (χ3n) is 7.67. The van der Waals surface area contributed by atoms with Crippen LogP contribution in [0.15, 0.2) is 34.9 Å². The number of thioether (sulfide) groups is 1. The van der Waals surface area contributed by atoms with E-state index in [0.717, 1.165) is 0 Å². The summed E-state index contributed by atoms with van der Waals surface area (Å²) in [4.78, 5) is 37.7. The van der Waals surface area contributed by atoms with E-state index < -0.39 is 50.5 Å². The number of carboxylic acids is 1. The number of fused-ring (bicyclic) bond motifs is 1. The minimum absolute atomic E-state index is 0.0760. The van der Waals surface area contributed by atoms with Crippen LogP contribution in [0.5, 0.6) is 0 Å². The van der Waals surface area contributed by atoms with Gasteiger partial charge in [-0.1, -0.05) is 32.9 Å². The molecule has 0 radical (unpaired) electrons. The lowest BCUT2D eigenvalue weighted by molar-refractivity contribution is -0.384. The number of nitro benzene ring substituents is 1. The molecule has 0 bridgehead atoms. The third-order valence-corrected chi connectivity index (χ3v) is 11.3. The number of β-lactam (4-membered cyclic amide) rings is 1. The van der Waals surface area contributed by atoms with Gasteiger partial charge in [-0.05, 0) is 18.9 Å². The van der Waals surface area contributed by atoms with Gasteiger partial charge in [0.15, 0.2) is 0 Å². The molecule has 2 fully saturated rings. The normalized spacial score (nSPS) is 26.8. The second kappa shape index (κ2) is 10.2. The Morgan fingerprint density at radius 2 is 1.84 bits per heavy atom. The zero-order chi connectivity index (χ0) is 28.2. The van der Waals surface area contributed by atoms with Gasteiger partial charge in [0, 0.05) is 53.9 Å². The van der Waals surface area contributed by atoms with Crippen molar-refractivity contribution in [1.29, 1.82) is 0 Å². The van der Waals surface area contributed by atoms with Crippen LogP contribution in [0.4, 0.5) is 5.69 Å². The topological polar surface area (TPSA) is 162 Å². The predicted octanol–water partition coefficient (Wildman–Crippen LogP) is 1.67. The van der Waals surface area contributed by atoms with E-state index in [-0.39, 0.29) is 36.1 Å². The molecule has 2 N–H and O–H groups in total. The lowest BCUT2D eigenvalue weighted by Crippen LogP contribution is -2.66. The summed E-state index contributed by atoms with van der Waals surface area (Å²) in [5, 5.41) is 31.4. The standard InChI is InChI=1S/C24H32N4O8S2/c1-5-25(6-2)38(35,36)26-12-17(13-26)37-21-19(23(31)32)27-20(18(14(3)29)22(27)30)24(21,4)11-15-7-9-16(10-8-15)28(33)34/h7-10,14,17-18,20,29H,5-6,11-13H2,1-4H3,(H,31,32)/t14-,18-,20+,24-/m1/s1. The van der Waals surface area contributed by atoms with E-state index >= 15 is 0 Å². The Morgan fingerprint density at radius 3 is 2.32 bits per heavy atom. The molecule has 0 aliphatic carbocycles. The number of hydrogen-bond acceptors (Lipinski definition) is 8. The maximum Gasteiger partial charge on any atom is 0.353 e. The minimum Gasteiger partial charge on any atom is -0.477 e. The molecule has 1 aromatic rings. The summed E-state index contributed by atoms with van der Waals surface area (Å²) < 4.78 is 28.4. The van der Waals surface area contributed by atoms with Gasteiger partial charge in [0.1, 0.15) is 5.70 Å². The number of rotatable bonds is 11. The summed E-state index contributed by atoms with van der Waals surface area (Å²) in [7, 11) is -3.62. The van der Waals surface area contributed by atoms with Crippen molar-refractivity contribution in [3.63, 3.8) is 0 Å². The minimum atomic E-state index is -3.62. The average Bonchev–Trinajstić information content (AvgIpc) is 3.01. The lowest BCUT2D eigenvalue weighted by atomic mass is 9.67. The summed E-state index contributed by atoms with van der Waals surface area (Å²) >= 11 is 1.27. The van der Waals surface area contributed by atoms with E-state index in [4.69, 9.17) is 0 Å². The molecular weight excluding hydrogens is 536 g/mol. The van der Waals surface area contributed by atoms with Crippen molar-refractivity contribution in [2.75, 3.05) is 26.2 Å². The summed E-state index contributed by atoms with van der Waals surface area (Å²) in [6.45, 7) is 7.95. The fourth-order valence-corrected chi connectivity index (χ4v) is 9.21. The zero-order valence-corrected chi connectivity index (χ0v) is 23.2. The molecule has 4 atom stereocenters. The van der Waals surface area contributed by atoms with E-state index in [1.807, 2.05) is 6.92 Å². The van der Waals surface area contributed by atoms with Crippen molar-refractivity contribution in [1.82, 2.24) is 13.5 Å². The second-order valence-electron chi connectivity index (χ2n) is 10.1. The van der Waals surface area contributed by atoms with E-state index in [2.05, 4.69) is 0 Å². The van der Waals surface area contributed by atoms with Crippen LogP contribution in [0.25, 0.3) is 0 Å². The number of non-ortho nitro benzene ring substituents is 1. The number of nitro groups is 1. The maximum absolute atomic E-state index is 13.0. The quantitative estimate of drug-likeness (QED) is 0.230. The summed E-state index contributed by atoms with van der Waals surface area (Å²) in [5.74, 6) is -2.53. The van der Waals surface area contributed by atoms with Crippen molar-refractivity contribution in [3.8, 4) is 0 Å². The Kier molecular flexibility index (Phi) is 7.67. The summed E-state index contributed by atoms with van der Waals surface area (Å²) in [5.41, 5.74) is -0.419. The van der Waals surface area contributed by atoms with Crippen LogP contribution in [0.2, 0.25) is 0 Å². The van der Waals surface area contributed by atoms with Crippen molar-refractivity contribution in [2.24, 2.45) is 11.3 Å². The van der Waals surface area contributed by atoms with Gasteiger partial charge in [0.25, 0.3) is 15.9 Å². The molecule has 3 aliphatic rings. The molecule has 0 spiro atoms. The molecule has 0 saturated carbocycles. The van der Waals surface area contributed by atoms with Gasteiger partial charge in [-0.25, -0.2) is 4.79 Å². The van der Waals surface area contributed by atoms with Crippen LogP contribution >= 0.6 is 11.8 Å². The first-order valence-electron chi connectivity index (χ1n) is 12.4. The first-order chi connectivity index (χ1) is 17.8. The van der Waals surface area contributed by atoms with Crippen LogP contribution in [0.1, 0.15) is 33.3 Å².